The van der Waals surface area contributed by atoms with Gasteiger partial charge in [0.15, 0.2) is 0 Å². The summed E-state index contributed by atoms with van der Waals surface area (Å²) in [5.74, 6) is -0.853. The number of hydrogen-bond donors (Lipinski definition) is 2. The van der Waals surface area contributed by atoms with Gasteiger partial charge in [0.1, 0.15) is 0 Å². The van der Waals surface area contributed by atoms with Crippen molar-refractivity contribution in [2.75, 3.05) is 26.2 Å². The summed E-state index contributed by atoms with van der Waals surface area (Å²) in [5, 5.41) is 3.25. The van der Waals surface area contributed by atoms with Crippen LogP contribution in [0.15, 0.2) is 24.3 Å². The Balaban J connectivity index is 2.68. The van der Waals surface area contributed by atoms with Crippen LogP contribution in [0.3, 0.4) is 0 Å². The maximum absolute atomic E-state index is 13.1. The molecule has 0 aliphatic carbocycles. The van der Waals surface area contributed by atoms with E-state index >= 15 is 0 Å². The molecule has 0 heterocycles. The molecule has 0 saturated carbocycles. The Morgan fingerprint density at radius 2 is 0.680 bits per heavy atom. The minimum absolute atomic E-state index is 0.411. The molecule has 0 atom stereocenters. The molecule has 0 aliphatic rings. The fourth-order valence-electron chi connectivity index (χ4n) is 6.01. The normalized spacial score (nSPS) is 11.5. The smallest absolute Gasteiger partial charge is 0.348 e. The van der Waals surface area contributed by atoms with Crippen molar-refractivity contribution in [2.24, 2.45) is 0 Å². The number of nitrogens with one attached hydrogen (secondary N) is 2. The van der Waals surface area contributed by atoms with Crippen LogP contribution in [0.5, 0.6) is 0 Å². The summed E-state index contributed by atoms with van der Waals surface area (Å²) < 4.78 is 0. The van der Waals surface area contributed by atoms with Gasteiger partial charge in [-0.3, -0.25) is 0 Å². The third-order valence-electron chi connectivity index (χ3n) is 9.31. The van der Waals surface area contributed by atoms with Crippen LogP contribution in [0.4, 0.5) is 0 Å². The quantitative estimate of drug-likeness (QED) is 0.0528. The van der Waals surface area contributed by atoms with E-state index < -0.39 is 11.9 Å². The molecular formula is C42H78N4O4. The molecule has 0 bridgehead atoms. The summed E-state index contributed by atoms with van der Waals surface area (Å²) in [6, 6.07) is 6.62. The third kappa shape index (κ3) is 25.9. The largest absolute Gasteiger partial charge is 0.358 e. The minimum atomic E-state index is -0.426. The Morgan fingerprint density at radius 1 is 0.420 bits per heavy atom. The van der Waals surface area contributed by atoms with Gasteiger partial charge in [0.25, 0.3) is 0 Å². The molecule has 50 heavy (non-hydrogen) atoms. The predicted octanol–water partition coefficient (Wildman–Crippen LogP) is 11.7. The molecule has 1 aromatic carbocycles. The van der Waals surface area contributed by atoms with Gasteiger partial charge in [-0.05, 0) is 49.9 Å². The van der Waals surface area contributed by atoms with Gasteiger partial charge in [-0.25, -0.2) is 20.4 Å². The van der Waals surface area contributed by atoms with Crippen LogP contribution in [-0.2, 0) is 9.68 Å². The summed E-state index contributed by atoms with van der Waals surface area (Å²) in [7, 11) is 0. The van der Waals surface area contributed by atoms with Crippen LogP contribution in [0.25, 0.3) is 0 Å². The topological polar surface area (TPSA) is 83.1 Å². The lowest BCUT2D eigenvalue weighted by molar-refractivity contribution is -0.148. The van der Waals surface area contributed by atoms with Crippen molar-refractivity contribution < 1.29 is 19.3 Å². The first kappa shape index (κ1) is 46.0. The molecule has 0 fully saturated rings. The average Bonchev–Trinajstić information content (AvgIpc) is 3.12. The van der Waals surface area contributed by atoms with E-state index in [2.05, 4.69) is 38.5 Å². The van der Waals surface area contributed by atoms with Gasteiger partial charge in [0.2, 0.25) is 0 Å². The molecule has 8 heteroatoms. The van der Waals surface area contributed by atoms with Gasteiger partial charge < -0.3 is 9.68 Å². The number of carbonyl (C=O) groups excluding carboxylic acids is 2. The molecular weight excluding hydrogens is 624 g/mol. The highest BCUT2D eigenvalue weighted by Crippen LogP contribution is 2.13. The number of hydrazine groups is 2. The van der Waals surface area contributed by atoms with Crippen molar-refractivity contribution in [3.8, 4) is 0 Å². The highest BCUT2D eigenvalue weighted by molar-refractivity contribution is 5.93. The van der Waals surface area contributed by atoms with Crippen LogP contribution < -0.4 is 10.9 Å². The molecule has 2 N–H and O–H groups in total. The monoisotopic (exact) mass is 703 g/mol. The molecule has 0 aromatic heterocycles. The summed E-state index contributed by atoms with van der Waals surface area (Å²) in [4.78, 5) is 37.9. The first-order valence-corrected chi connectivity index (χ1v) is 21.1. The zero-order chi connectivity index (χ0) is 36.3. The molecule has 0 spiro atoms. The van der Waals surface area contributed by atoms with Crippen molar-refractivity contribution in [3.05, 3.63) is 35.4 Å². The van der Waals surface area contributed by atoms with Crippen molar-refractivity contribution >= 4 is 11.9 Å². The van der Waals surface area contributed by atoms with Gasteiger partial charge >= 0.3 is 11.9 Å². The van der Waals surface area contributed by atoms with E-state index in [0.717, 1.165) is 51.6 Å². The lowest BCUT2D eigenvalue weighted by Crippen LogP contribution is -2.41. The molecule has 0 unspecified atom stereocenters. The summed E-state index contributed by atoms with van der Waals surface area (Å²) in [5.41, 5.74) is 7.51. The fourth-order valence-corrected chi connectivity index (χ4v) is 6.01. The van der Waals surface area contributed by atoms with Gasteiger partial charge in [-0.1, -0.05) is 179 Å². The summed E-state index contributed by atoms with van der Waals surface area (Å²) in [6.45, 7) is 11.8. The van der Waals surface area contributed by atoms with Crippen LogP contribution >= 0.6 is 0 Å². The Morgan fingerprint density at radius 3 is 0.980 bits per heavy atom. The lowest BCUT2D eigenvalue weighted by atomic mass is 10.1. The van der Waals surface area contributed by atoms with E-state index in [1.165, 1.54) is 128 Å². The second-order valence-corrected chi connectivity index (χ2v) is 14.1. The first-order chi connectivity index (χ1) is 24.5. The zero-order valence-corrected chi connectivity index (χ0v) is 33.1. The Kier molecular flexibility index (Phi) is 31.4. The molecule has 0 aliphatic heterocycles. The minimum Gasteiger partial charge on any atom is -0.348 e. The van der Waals surface area contributed by atoms with Gasteiger partial charge in [-0.2, -0.15) is 0 Å². The number of unbranched alkanes of at least 4 members (excludes halogenated alkanes) is 22. The fraction of sp³-hybridized carbons (Fsp3) is 0.810. The first-order valence-electron chi connectivity index (χ1n) is 21.1. The number of hydrogen-bond acceptors (Lipinski definition) is 8. The number of hydroxylamine groups is 2. The van der Waals surface area contributed by atoms with Crippen LogP contribution in [0, 0.1) is 0 Å². The van der Waals surface area contributed by atoms with Crippen LogP contribution in [-0.4, -0.2) is 48.5 Å². The molecule has 1 aromatic rings. The lowest BCUT2D eigenvalue weighted by Gasteiger charge is -2.22. The molecule has 290 valence electrons. The number of rotatable bonds is 36. The van der Waals surface area contributed by atoms with Crippen molar-refractivity contribution in [2.45, 2.75) is 195 Å². The highest BCUT2D eigenvalue weighted by Gasteiger charge is 2.17. The van der Waals surface area contributed by atoms with Crippen LogP contribution in [0.2, 0.25) is 0 Å². The molecule has 0 amide bonds. The molecule has 1 rings (SSSR count). The molecule has 0 radical (unpaired) electrons. The Labute approximate surface area is 308 Å². The van der Waals surface area contributed by atoms with Crippen molar-refractivity contribution in [3.63, 3.8) is 0 Å². The summed E-state index contributed by atoms with van der Waals surface area (Å²) >= 11 is 0. The van der Waals surface area contributed by atoms with E-state index in [9.17, 15) is 9.59 Å². The Bertz CT molecular complexity index is 805. The number of nitrogens with zero attached hydrogens (tertiary/aromatic N) is 2. The molecule has 8 nitrogen and oxygen atoms in total. The van der Waals surface area contributed by atoms with Gasteiger partial charge in [0, 0.05) is 13.1 Å². The SMILES string of the molecule is CCCCCCCCCN(NCCCCCCCC)OC(=O)c1ccc(C(=O)ON(CCCCCCCCC)NCCCCCCCC)cc1. The number of benzene rings is 1. The predicted molar refractivity (Wildman–Crippen MR) is 209 cm³/mol. The third-order valence-corrected chi connectivity index (χ3v) is 9.31. The standard InChI is InChI=1S/C42H78N4O4/c1-5-9-13-17-21-25-29-37-45(43-35-27-23-19-15-11-7-3)49-41(47)39-31-33-40(34-32-39)42(48)50-46(38-30-26-22-18-14-10-6-2)44-36-28-24-20-16-12-8-4/h31-34,43-44H,5-30,35-38H2,1-4H3. The van der Waals surface area contributed by atoms with Crippen molar-refractivity contribution in [1.29, 1.82) is 0 Å². The van der Waals surface area contributed by atoms with E-state index in [0.29, 0.717) is 24.2 Å². The van der Waals surface area contributed by atoms with Crippen molar-refractivity contribution in [1.82, 2.24) is 21.2 Å². The van der Waals surface area contributed by atoms with E-state index in [1.807, 2.05) is 0 Å². The zero-order valence-electron chi connectivity index (χ0n) is 33.1. The maximum Gasteiger partial charge on any atom is 0.358 e. The second kappa shape index (κ2) is 34.1. The van der Waals surface area contributed by atoms with Gasteiger partial charge in [0.05, 0.1) is 24.2 Å². The average molecular weight is 703 g/mol. The highest BCUT2D eigenvalue weighted by atomic mass is 16.7. The maximum atomic E-state index is 13.1. The summed E-state index contributed by atoms with van der Waals surface area (Å²) in [6.07, 6.45) is 31.4. The molecule has 0 saturated heterocycles. The number of carbonyl (C=O) groups is 2. The van der Waals surface area contributed by atoms with Gasteiger partial charge in [-0.15, -0.1) is 0 Å². The Hall–Kier alpha value is -2.00. The van der Waals surface area contributed by atoms with E-state index in [1.54, 1.807) is 34.6 Å². The second-order valence-electron chi connectivity index (χ2n) is 14.1. The van der Waals surface area contributed by atoms with E-state index in [4.69, 9.17) is 9.68 Å². The van der Waals surface area contributed by atoms with E-state index in [-0.39, 0.29) is 0 Å². The van der Waals surface area contributed by atoms with Crippen LogP contribution in [0.1, 0.15) is 215 Å².